The molecule has 1 aliphatic rings. The summed E-state index contributed by atoms with van der Waals surface area (Å²) in [4.78, 5) is 18.6. The van der Waals surface area contributed by atoms with Gasteiger partial charge in [-0.1, -0.05) is 36.4 Å². The number of aromatic nitrogens is 2. The van der Waals surface area contributed by atoms with Gasteiger partial charge in [0.05, 0.1) is 12.2 Å². The third kappa shape index (κ3) is 3.99. The van der Waals surface area contributed by atoms with Crippen molar-refractivity contribution in [1.82, 2.24) is 14.5 Å². The number of nitrogens with zero attached hydrogens (tertiary/aromatic N) is 3. The van der Waals surface area contributed by atoms with E-state index in [0.29, 0.717) is 25.5 Å². The number of amides is 1. The van der Waals surface area contributed by atoms with Crippen LogP contribution in [0.25, 0.3) is 0 Å². The third-order valence-corrected chi connectivity index (χ3v) is 4.88. The molecule has 0 atom stereocenters. The fraction of sp³-hybridized carbons (Fsp3) is 0.400. The quantitative estimate of drug-likeness (QED) is 0.760. The Bertz CT molecular complexity index is 716. The van der Waals surface area contributed by atoms with Crippen LogP contribution in [0.5, 0.6) is 0 Å². The highest BCUT2D eigenvalue weighted by Crippen LogP contribution is 2.31. The highest BCUT2D eigenvalue weighted by molar-refractivity contribution is 5.90. The molecule has 0 bridgehead atoms. The monoisotopic (exact) mass is 339 g/mol. The van der Waals surface area contributed by atoms with Crippen LogP contribution < -0.4 is 0 Å². The zero-order chi connectivity index (χ0) is 17.7. The standard InChI is InChI=1S/C20H25N3O2/c1-3-9-20(25-16-17-7-5-4-6-8-17)10-13-23(14-11-20)19(24)18-21-12-15-22(18)2/h3-8,12,15H,1,9-11,13-14,16H2,2H3. The Labute approximate surface area is 148 Å². The number of rotatable bonds is 6. The molecule has 1 saturated heterocycles. The lowest BCUT2D eigenvalue weighted by atomic mass is 9.87. The molecule has 1 amide bonds. The van der Waals surface area contributed by atoms with E-state index in [0.717, 1.165) is 24.8 Å². The van der Waals surface area contributed by atoms with Gasteiger partial charge >= 0.3 is 0 Å². The molecule has 2 heterocycles. The molecule has 0 aliphatic carbocycles. The Kier molecular flexibility index (Phi) is 5.34. The van der Waals surface area contributed by atoms with Gasteiger partial charge in [0.15, 0.2) is 5.82 Å². The molecule has 1 fully saturated rings. The van der Waals surface area contributed by atoms with Crippen molar-refractivity contribution in [2.24, 2.45) is 7.05 Å². The van der Waals surface area contributed by atoms with Crippen LogP contribution in [-0.2, 0) is 18.4 Å². The minimum Gasteiger partial charge on any atom is -0.370 e. The maximum Gasteiger partial charge on any atom is 0.289 e. The number of imidazole rings is 1. The minimum atomic E-state index is -0.240. The molecular weight excluding hydrogens is 314 g/mol. The number of likely N-dealkylation sites (tertiary alicyclic amines) is 1. The van der Waals surface area contributed by atoms with E-state index in [1.165, 1.54) is 0 Å². The molecular formula is C20H25N3O2. The molecule has 0 saturated carbocycles. The molecule has 2 aromatic rings. The number of carbonyl (C=O) groups is 1. The van der Waals surface area contributed by atoms with Crippen molar-refractivity contribution in [2.75, 3.05) is 13.1 Å². The fourth-order valence-electron chi connectivity index (χ4n) is 3.31. The van der Waals surface area contributed by atoms with E-state index >= 15 is 0 Å². The van der Waals surface area contributed by atoms with Gasteiger partial charge in [-0.25, -0.2) is 4.98 Å². The van der Waals surface area contributed by atoms with E-state index in [-0.39, 0.29) is 11.5 Å². The Hall–Kier alpha value is -2.40. The molecule has 1 aliphatic heterocycles. The Balaban J connectivity index is 1.63. The zero-order valence-corrected chi connectivity index (χ0v) is 14.7. The van der Waals surface area contributed by atoms with Crippen molar-refractivity contribution in [2.45, 2.75) is 31.5 Å². The van der Waals surface area contributed by atoms with Crippen LogP contribution in [0.2, 0.25) is 0 Å². The summed E-state index contributed by atoms with van der Waals surface area (Å²) < 4.78 is 8.07. The topological polar surface area (TPSA) is 47.4 Å². The minimum absolute atomic E-state index is 0.0113. The average Bonchev–Trinajstić information content (AvgIpc) is 3.07. The first-order valence-corrected chi connectivity index (χ1v) is 8.69. The van der Waals surface area contributed by atoms with Gasteiger partial charge in [-0.3, -0.25) is 4.79 Å². The molecule has 25 heavy (non-hydrogen) atoms. The number of hydrogen-bond acceptors (Lipinski definition) is 3. The number of carbonyl (C=O) groups excluding carboxylic acids is 1. The first kappa shape index (κ1) is 17.4. The Morgan fingerprint density at radius 3 is 2.64 bits per heavy atom. The predicted octanol–water partition coefficient (Wildman–Crippen LogP) is 3.19. The van der Waals surface area contributed by atoms with Gasteiger partial charge in [-0.2, -0.15) is 0 Å². The van der Waals surface area contributed by atoms with Gasteiger partial charge < -0.3 is 14.2 Å². The van der Waals surface area contributed by atoms with E-state index in [1.54, 1.807) is 17.0 Å². The first-order valence-electron chi connectivity index (χ1n) is 8.69. The van der Waals surface area contributed by atoms with Crippen molar-refractivity contribution < 1.29 is 9.53 Å². The van der Waals surface area contributed by atoms with Gasteiger partial charge in [0.25, 0.3) is 5.91 Å². The van der Waals surface area contributed by atoms with Crippen molar-refractivity contribution in [3.8, 4) is 0 Å². The summed E-state index contributed by atoms with van der Waals surface area (Å²) in [6.07, 6.45) is 7.78. The Morgan fingerprint density at radius 2 is 2.04 bits per heavy atom. The molecule has 1 aromatic heterocycles. The van der Waals surface area contributed by atoms with Crippen LogP contribution in [0.4, 0.5) is 0 Å². The first-order chi connectivity index (χ1) is 12.1. The second-order valence-electron chi connectivity index (χ2n) is 6.60. The molecule has 5 nitrogen and oxygen atoms in total. The summed E-state index contributed by atoms with van der Waals surface area (Å²) in [5.41, 5.74) is 0.924. The third-order valence-electron chi connectivity index (χ3n) is 4.88. The second kappa shape index (κ2) is 7.66. The normalized spacial score (nSPS) is 16.6. The van der Waals surface area contributed by atoms with Crippen molar-refractivity contribution in [3.05, 3.63) is 66.8 Å². The number of aryl methyl sites for hydroxylation is 1. The summed E-state index contributed by atoms with van der Waals surface area (Å²) >= 11 is 0. The lowest BCUT2D eigenvalue weighted by molar-refractivity contribution is -0.0870. The second-order valence-corrected chi connectivity index (χ2v) is 6.60. The van der Waals surface area contributed by atoms with Crippen molar-refractivity contribution >= 4 is 5.91 Å². The van der Waals surface area contributed by atoms with E-state index in [1.807, 2.05) is 36.2 Å². The van der Waals surface area contributed by atoms with Crippen LogP contribution in [0.1, 0.15) is 35.4 Å². The van der Waals surface area contributed by atoms with Crippen LogP contribution >= 0.6 is 0 Å². The van der Waals surface area contributed by atoms with Crippen LogP contribution in [-0.4, -0.2) is 39.0 Å². The van der Waals surface area contributed by atoms with Gasteiger partial charge in [0, 0.05) is 32.5 Å². The highest BCUT2D eigenvalue weighted by Gasteiger charge is 2.36. The number of ether oxygens (including phenoxy) is 1. The number of benzene rings is 1. The van der Waals surface area contributed by atoms with E-state index in [2.05, 4.69) is 23.7 Å². The highest BCUT2D eigenvalue weighted by atomic mass is 16.5. The van der Waals surface area contributed by atoms with Gasteiger partial charge in [-0.05, 0) is 24.8 Å². The molecule has 0 spiro atoms. The summed E-state index contributed by atoms with van der Waals surface area (Å²) in [5.74, 6) is 0.476. The summed E-state index contributed by atoms with van der Waals surface area (Å²) in [6.45, 7) is 5.82. The predicted molar refractivity (Wildman–Crippen MR) is 97.1 cm³/mol. The zero-order valence-electron chi connectivity index (χ0n) is 14.7. The SMILES string of the molecule is C=CCC1(OCc2ccccc2)CCN(C(=O)c2nccn2C)CC1. The summed E-state index contributed by atoms with van der Waals surface area (Å²) in [6, 6.07) is 10.2. The number of piperidine rings is 1. The molecule has 0 N–H and O–H groups in total. The van der Waals surface area contributed by atoms with Crippen LogP contribution in [0.15, 0.2) is 55.4 Å². The van der Waals surface area contributed by atoms with Crippen LogP contribution in [0, 0.1) is 0 Å². The van der Waals surface area contributed by atoms with E-state index in [4.69, 9.17) is 4.74 Å². The number of hydrogen-bond donors (Lipinski definition) is 0. The molecule has 3 rings (SSSR count). The van der Waals surface area contributed by atoms with Crippen molar-refractivity contribution in [3.63, 3.8) is 0 Å². The van der Waals surface area contributed by atoms with Gasteiger partial charge in [0.1, 0.15) is 0 Å². The Morgan fingerprint density at radius 1 is 1.32 bits per heavy atom. The lowest BCUT2D eigenvalue weighted by Crippen LogP contribution is -2.48. The van der Waals surface area contributed by atoms with E-state index < -0.39 is 0 Å². The molecule has 132 valence electrons. The smallest absolute Gasteiger partial charge is 0.289 e. The van der Waals surface area contributed by atoms with E-state index in [9.17, 15) is 4.79 Å². The van der Waals surface area contributed by atoms with Crippen molar-refractivity contribution in [1.29, 1.82) is 0 Å². The summed E-state index contributed by atoms with van der Waals surface area (Å²) in [5, 5.41) is 0. The lowest BCUT2D eigenvalue weighted by Gasteiger charge is -2.41. The van der Waals surface area contributed by atoms with Crippen LogP contribution in [0.3, 0.4) is 0 Å². The maximum absolute atomic E-state index is 12.6. The van der Waals surface area contributed by atoms with Gasteiger partial charge in [-0.15, -0.1) is 6.58 Å². The molecule has 1 aromatic carbocycles. The fourth-order valence-corrected chi connectivity index (χ4v) is 3.31. The summed E-state index contributed by atoms with van der Waals surface area (Å²) in [7, 11) is 1.84. The molecule has 0 unspecified atom stereocenters. The average molecular weight is 339 g/mol. The van der Waals surface area contributed by atoms with Gasteiger partial charge in [0.2, 0.25) is 0 Å². The molecule has 5 heteroatoms. The molecule has 0 radical (unpaired) electrons. The maximum atomic E-state index is 12.6. The largest absolute Gasteiger partial charge is 0.370 e.